The Kier molecular flexibility index (Phi) is 6.55. The summed E-state index contributed by atoms with van der Waals surface area (Å²) in [6.07, 6.45) is 0. The average Bonchev–Trinajstić information content (AvgIpc) is 3.25. The summed E-state index contributed by atoms with van der Waals surface area (Å²) in [7, 11) is -3.82. The number of nitrogens with zero attached hydrogens (tertiary/aromatic N) is 4. The molecule has 0 bridgehead atoms. The Bertz CT molecular complexity index is 1550. The third kappa shape index (κ3) is 5.00. The van der Waals surface area contributed by atoms with Crippen molar-refractivity contribution in [1.82, 2.24) is 19.9 Å². The number of benzene rings is 2. The lowest BCUT2D eigenvalue weighted by Gasteiger charge is -2.28. The minimum absolute atomic E-state index is 0.000221. The van der Waals surface area contributed by atoms with Gasteiger partial charge in [-0.1, -0.05) is 12.1 Å². The highest BCUT2D eigenvalue weighted by atomic mass is 79.9. The number of hydrogen-bond donors (Lipinski definition) is 4. The van der Waals surface area contributed by atoms with E-state index in [1.54, 1.807) is 6.07 Å². The Hall–Kier alpha value is -3.26. The molecule has 36 heavy (non-hydrogen) atoms. The Morgan fingerprint density at radius 3 is 2.56 bits per heavy atom. The number of aryl methyl sites for hydroxylation is 1. The van der Waals surface area contributed by atoms with Gasteiger partial charge in [-0.25, -0.2) is 13.6 Å². The molecule has 2 aromatic heterocycles. The monoisotopic (exact) mass is 572 g/mol. The number of hydrogen-bond acceptors (Lipinski definition) is 9. The molecule has 4 aromatic rings. The Balaban J connectivity index is 1.54. The first-order chi connectivity index (χ1) is 17.2. The number of nitrogens with one attached hydrogen (secondary N) is 3. The molecule has 1 aliphatic heterocycles. The number of fused-ring (bicyclic) bond motifs is 1. The molecule has 0 spiro atoms. The Morgan fingerprint density at radius 2 is 1.83 bits per heavy atom. The minimum atomic E-state index is -3.82. The molecule has 1 aliphatic rings. The summed E-state index contributed by atoms with van der Waals surface area (Å²) in [6, 6.07) is 10.5. The predicted octanol–water partition coefficient (Wildman–Crippen LogP) is 3.70. The highest BCUT2D eigenvalue weighted by Crippen LogP contribution is 2.31. The molecule has 5 N–H and O–H groups in total. The molecule has 0 unspecified atom stereocenters. The van der Waals surface area contributed by atoms with Crippen LogP contribution in [0.4, 0.5) is 29.1 Å². The van der Waals surface area contributed by atoms with Crippen molar-refractivity contribution >= 4 is 66.2 Å². The van der Waals surface area contributed by atoms with E-state index in [1.165, 1.54) is 17.7 Å². The molecule has 0 radical (unpaired) electrons. The normalized spacial score (nSPS) is 14.3. The third-order valence-electron chi connectivity index (χ3n) is 6.02. The van der Waals surface area contributed by atoms with Crippen LogP contribution < -0.4 is 20.7 Å². The number of ether oxygens (including phenoxy) is 1. The van der Waals surface area contributed by atoms with Gasteiger partial charge < -0.3 is 25.3 Å². The smallest absolute Gasteiger partial charge is 0.238 e. The van der Waals surface area contributed by atoms with E-state index in [4.69, 9.17) is 14.9 Å². The zero-order valence-corrected chi connectivity index (χ0v) is 22.1. The fraction of sp³-hybridized carbons (Fsp3) is 0.261. The van der Waals surface area contributed by atoms with Crippen LogP contribution in [0.3, 0.4) is 0 Å². The molecule has 13 heteroatoms. The van der Waals surface area contributed by atoms with Crippen LogP contribution >= 0.6 is 15.9 Å². The van der Waals surface area contributed by atoms with Crippen LogP contribution in [0, 0.1) is 13.8 Å². The summed E-state index contributed by atoms with van der Waals surface area (Å²) in [4.78, 5) is 19.5. The van der Waals surface area contributed by atoms with E-state index in [2.05, 4.69) is 66.3 Å². The van der Waals surface area contributed by atoms with E-state index in [-0.39, 0.29) is 4.90 Å². The van der Waals surface area contributed by atoms with Gasteiger partial charge in [-0.3, -0.25) is 0 Å². The van der Waals surface area contributed by atoms with E-state index >= 15 is 0 Å². The quantitative estimate of drug-likeness (QED) is 0.271. The van der Waals surface area contributed by atoms with Crippen molar-refractivity contribution in [2.45, 2.75) is 18.7 Å². The molecule has 0 aliphatic carbocycles. The molecule has 0 atom stereocenters. The number of imidazole rings is 1. The van der Waals surface area contributed by atoms with Gasteiger partial charge in [0.2, 0.25) is 21.9 Å². The average molecular weight is 573 g/mol. The largest absolute Gasteiger partial charge is 0.378 e. The third-order valence-corrected chi connectivity index (χ3v) is 7.58. The number of rotatable bonds is 6. The van der Waals surface area contributed by atoms with Gasteiger partial charge in [0.1, 0.15) is 5.52 Å². The maximum atomic E-state index is 11.7. The number of primary sulfonamides is 1. The molecule has 0 saturated carbocycles. The van der Waals surface area contributed by atoms with E-state index < -0.39 is 10.0 Å². The van der Waals surface area contributed by atoms with Crippen molar-refractivity contribution in [3.05, 3.63) is 52.0 Å². The van der Waals surface area contributed by atoms with Crippen LogP contribution in [-0.4, -0.2) is 54.7 Å². The van der Waals surface area contributed by atoms with Crippen LogP contribution in [0.2, 0.25) is 0 Å². The van der Waals surface area contributed by atoms with Crippen molar-refractivity contribution in [1.29, 1.82) is 0 Å². The number of sulfonamides is 1. The topological polar surface area (TPSA) is 151 Å². The van der Waals surface area contributed by atoms with Gasteiger partial charge in [-0.05, 0) is 65.2 Å². The van der Waals surface area contributed by atoms with Crippen molar-refractivity contribution in [3.63, 3.8) is 0 Å². The number of aromatic nitrogens is 4. The highest BCUT2D eigenvalue weighted by Gasteiger charge is 2.21. The standard InChI is InChI=1S/C23H25BrN8O3S/c1-13-4-3-5-17(14(13)2)26-22-28-19-20(29-22)30-23(31-21(19)32-8-10-35-11-9-32)27-18-7-6-15(12-16(18)24)36(25,33)34/h3-7,12H,8-11H2,1-2H3,(H2,25,33,34)(H3,26,27,28,29,30,31). The number of morpholine rings is 1. The lowest BCUT2D eigenvalue weighted by Crippen LogP contribution is -2.37. The second-order valence-electron chi connectivity index (χ2n) is 8.44. The van der Waals surface area contributed by atoms with Gasteiger partial charge in [-0.15, -0.1) is 0 Å². The predicted molar refractivity (Wildman–Crippen MR) is 143 cm³/mol. The maximum Gasteiger partial charge on any atom is 0.238 e. The number of aromatic amines is 1. The molecule has 11 nitrogen and oxygen atoms in total. The summed E-state index contributed by atoms with van der Waals surface area (Å²) in [6.45, 7) is 6.66. The van der Waals surface area contributed by atoms with Crippen molar-refractivity contribution in [3.8, 4) is 0 Å². The first-order valence-electron chi connectivity index (χ1n) is 11.2. The fourth-order valence-corrected chi connectivity index (χ4v) is 5.08. The molecule has 3 heterocycles. The number of halogens is 1. The second-order valence-corrected chi connectivity index (χ2v) is 10.9. The Morgan fingerprint density at radius 1 is 1.06 bits per heavy atom. The van der Waals surface area contributed by atoms with Crippen LogP contribution in [0.5, 0.6) is 0 Å². The zero-order valence-electron chi connectivity index (χ0n) is 19.7. The van der Waals surface area contributed by atoms with Gasteiger partial charge in [0.05, 0.1) is 23.8 Å². The maximum absolute atomic E-state index is 11.7. The van der Waals surface area contributed by atoms with Crippen LogP contribution in [-0.2, 0) is 14.8 Å². The van der Waals surface area contributed by atoms with Crippen LogP contribution in [0.1, 0.15) is 11.1 Å². The molecule has 5 rings (SSSR count). The fourth-order valence-electron chi connectivity index (χ4n) is 3.91. The van der Waals surface area contributed by atoms with Gasteiger partial charge in [0, 0.05) is 23.2 Å². The van der Waals surface area contributed by atoms with Gasteiger partial charge >= 0.3 is 0 Å². The van der Waals surface area contributed by atoms with Crippen molar-refractivity contribution in [2.75, 3.05) is 41.8 Å². The highest BCUT2D eigenvalue weighted by molar-refractivity contribution is 9.10. The molecule has 1 saturated heterocycles. The van der Waals surface area contributed by atoms with E-state index in [0.29, 0.717) is 65.3 Å². The summed E-state index contributed by atoms with van der Waals surface area (Å²) in [5.74, 6) is 1.57. The molecule has 188 valence electrons. The lowest BCUT2D eigenvalue weighted by molar-refractivity contribution is 0.122. The summed E-state index contributed by atoms with van der Waals surface area (Å²) in [5, 5.41) is 11.8. The second kappa shape index (κ2) is 9.65. The van der Waals surface area contributed by atoms with Crippen LogP contribution in [0.15, 0.2) is 45.8 Å². The molecular weight excluding hydrogens is 548 g/mol. The molecule has 0 amide bonds. The number of nitrogens with two attached hydrogens (primary N) is 1. The Labute approximate surface area is 216 Å². The van der Waals surface area contributed by atoms with Gasteiger partial charge in [-0.2, -0.15) is 15.0 Å². The summed E-state index contributed by atoms with van der Waals surface area (Å²) in [5.41, 5.74) is 5.03. The van der Waals surface area contributed by atoms with E-state index in [9.17, 15) is 8.42 Å². The minimum Gasteiger partial charge on any atom is -0.378 e. The van der Waals surface area contributed by atoms with Gasteiger partial charge in [0.15, 0.2) is 11.5 Å². The molecule has 1 fully saturated rings. The van der Waals surface area contributed by atoms with E-state index in [0.717, 1.165) is 11.3 Å². The first-order valence-corrected chi connectivity index (χ1v) is 13.6. The van der Waals surface area contributed by atoms with Crippen molar-refractivity contribution in [2.24, 2.45) is 5.14 Å². The number of H-pyrrole nitrogens is 1. The lowest BCUT2D eigenvalue weighted by atomic mass is 10.1. The summed E-state index contributed by atoms with van der Waals surface area (Å²) < 4.78 is 29.4. The van der Waals surface area contributed by atoms with Crippen LogP contribution in [0.25, 0.3) is 11.2 Å². The first kappa shape index (κ1) is 24.4. The van der Waals surface area contributed by atoms with Crippen molar-refractivity contribution < 1.29 is 13.2 Å². The summed E-state index contributed by atoms with van der Waals surface area (Å²) >= 11 is 3.40. The zero-order chi connectivity index (χ0) is 25.4. The SMILES string of the molecule is Cc1cccc(Nc2nc3nc(Nc4ccc(S(N)(=O)=O)cc4Br)nc(N4CCOCC4)c3[nH]2)c1C. The van der Waals surface area contributed by atoms with Gasteiger partial charge in [0.25, 0.3) is 0 Å². The molecular formula is C23H25BrN8O3S. The molecule has 2 aromatic carbocycles. The van der Waals surface area contributed by atoms with E-state index in [1.807, 2.05) is 12.1 Å². The number of anilines is 5.